The number of aliphatic hydroxyl groups excluding tert-OH is 2. The van der Waals surface area contributed by atoms with Crippen LogP contribution in [0.1, 0.15) is 55.2 Å². The van der Waals surface area contributed by atoms with E-state index in [2.05, 4.69) is 18.0 Å². The lowest BCUT2D eigenvalue weighted by atomic mass is 9.67. The van der Waals surface area contributed by atoms with Gasteiger partial charge in [-0.05, 0) is 83.5 Å². The molecule has 2 aromatic carbocycles. The first-order valence-electron chi connectivity index (χ1n) is 15.6. The van der Waals surface area contributed by atoms with Crippen LogP contribution in [-0.4, -0.2) is 49.7 Å². The molecule has 4 aromatic rings. The molecule has 3 N–H and O–H groups in total. The van der Waals surface area contributed by atoms with Gasteiger partial charge in [-0.15, -0.1) is 11.3 Å². The van der Waals surface area contributed by atoms with Crippen molar-refractivity contribution in [3.05, 3.63) is 106 Å². The van der Waals surface area contributed by atoms with Gasteiger partial charge < -0.3 is 15.3 Å². The number of nitrogens with zero attached hydrogens (tertiary/aromatic N) is 2. The van der Waals surface area contributed by atoms with E-state index >= 15 is 0 Å². The Morgan fingerprint density at radius 1 is 1.04 bits per heavy atom. The molecule has 2 aromatic heterocycles. The number of carbonyl (C=O) groups is 2. The average Bonchev–Trinajstić information content (AvgIpc) is 3.66. The second kappa shape index (κ2) is 13.5. The Hall–Kier alpha value is -4.11. The average molecular weight is 623 g/mol. The summed E-state index contributed by atoms with van der Waals surface area (Å²) in [6.07, 6.45) is 5.69. The summed E-state index contributed by atoms with van der Waals surface area (Å²) in [5, 5.41) is 36.5. The van der Waals surface area contributed by atoms with Gasteiger partial charge in [0, 0.05) is 22.4 Å². The summed E-state index contributed by atoms with van der Waals surface area (Å²) in [6, 6.07) is 20.8. The summed E-state index contributed by atoms with van der Waals surface area (Å²) in [4.78, 5) is 34.2. The van der Waals surface area contributed by atoms with Gasteiger partial charge in [0.1, 0.15) is 5.75 Å². The first-order chi connectivity index (χ1) is 21.9. The number of carbonyl (C=O) groups excluding carboxylic acids is 2. The third-order valence-corrected chi connectivity index (χ3v) is 10.1. The van der Waals surface area contributed by atoms with E-state index in [1.807, 2.05) is 66.0 Å². The molecule has 1 aliphatic carbocycles. The van der Waals surface area contributed by atoms with Crippen molar-refractivity contribution in [1.29, 1.82) is 0 Å². The molecular weight excluding hydrogens is 584 g/mol. The SMILES string of the molecule is CCCC1=C([C@H](O)CC/C(=C/c2ccc(O)c3ccccc23)c2ccccn2)[C@H](CO)[C@@H]2C(=O)N(Cc3cccs3)C(=O)[C@@H]2C1. The highest BCUT2D eigenvalue weighted by atomic mass is 32.1. The number of amides is 2. The van der Waals surface area contributed by atoms with Crippen LogP contribution < -0.4 is 0 Å². The zero-order valence-corrected chi connectivity index (χ0v) is 26.1. The van der Waals surface area contributed by atoms with Crippen molar-refractivity contribution >= 4 is 45.6 Å². The van der Waals surface area contributed by atoms with Gasteiger partial charge in [0.05, 0.1) is 36.8 Å². The minimum atomic E-state index is -0.900. The lowest BCUT2D eigenvalue weighted by Gasteiger charge is -2.36. The summed E-state index contributed by atoms with van der Waals surface area (Å²) in [6.45, 7) is 1.99. The molecule has 3 heterocycles. The number of allylic oxidation sites excluding steroid dienone is 2. The minimum Gasteiger partial charge on any atom is -0.507 e. The smallest absolute Gasteiger partial charge is 0.234 e. The summed E-state index contributed by atoms with van der Waals surface area (Å²) < 4.78 is 0. The van der Waals surface area contributed by atoms with Crippen molar-refractivity contribution in [2.24, 2.45) is 17.8 Å². The molecule has 232 valence electrons. The topological polar surface area (TPSA) is 111 Å². The van der Waals surface area contributed by atoms with Crippen LogP contribution in [0.15, 0.2) is 89.5 Å². The van der Waals surface area contributed by atoms with Gasteiger partial charge in [-0.1, -0.05) is 61.4 Å². The van der Waals surface area contributed by atoms with E-state index in [1.54, 1.807) is 12.3 Å². The molecule has 4 atom stereocenters. The van der Waals surface area contributed by atoms with Crippen molar-refractivity contribution in [2.75, 3.05) is 6.61 Å². The minimum absolute atomic E-state index is 0.180. The molecule has 7 nitrogen and oxygen atoms in total. The largest absolute Gasteiger partial charge is 0.507 e. The highest BCUT2D eigenvalue weighted by molar-refractivity contribution is 7.09. The monoisotopic (exact) mass is 622 g/mol. The number of pyridine rings is 1. The predicted octanol–water partition coefficient (Wildman–Crippen LogP) is 6.59. The number of aliphatic hydroxyl groups is 2. The third kappa shape index (κ3) is 6.10. The van der Waals surface area contributed by atoms with Crippen LogP contribution in [0.2, 0.25) is 0 Å². The van der Waals surface area contributed by atoms with E-state index in [4.69, 9.17) is 0 Å². The molecule has 6 rings (SSSR count). The number of likely N-dealkylation sites (tertiary alicyclic amines) is 1. The molecule has 2 aliphatic rings. The van der Waals surface area contributed by atoms with Gasteiger partial charge in [0.2, 0.25) is 11.8 Å². The summed E-state index contributed by atoms with van der Waals surface area (Å²) in [5.74, 6) is -2.03. The number of benzene rings is 2. The van der Waals surface area contributed by atoms with Crippen LogP contribution in [-0.2, 0) is 16.1 Å². The maximum absolute atomic E-state index is 13.7. The number of aromatic hydroxyl groups is 1. The number of thiophene rings is 1. The van der Waals surface area contributed by atoms with Gasteiger partial charge in [-0.25, -0.2) is 0 Å². The van der Waals surface area contributed by atoms with E-state index in [0.717, 1.165) is 50.0 Å². The quantitative estimate of drug-likeness (QED) is 0.129. The summed E-state index contributed by atoms with van der Waals surface area (Å²) in [7, 11) is 0. The van der Waals surface area contributed by atoms with Crippen LogP contribution in [0.5, 0.6) is 5.75 Å². The van der Waals surface area contributed by atoms with Crippen molar-refractivity contribution in [1.82, 2.24) is 9.88 Å². The Labute approximate surface area is 267 Å². The summed E-state index contributed by atoms with van der Waals surface area (Å²) in [5.41, 5.74) is 4.34. The maximum atomic E-state index is 13.7. The molecule has 0 saturated carbocycles. The molecular formula is C37H38N2O5S. The van der Waals surface area contributed by atoms with Crippen LogP contribution in [0.3, 0.4) is 0 Å². The number of fused-ring (bicyclic) bond motifs is 2. The maximum Gasteiger partial charge on any atom is 0.234 e. The van der Waals surface area contributed by atoms with E-state index in [9.17, 15) is 24.9 Å². The Morgan fingerprint density at radius 3 is 2.56 bits per heavy atom. The normalized spacial score (nSPS) is 21.1. The number of hydrogen-bond donors (Lipinski definition) is 3. The van der Waals surface area contributed by atoms with Gasteiger partial charge in [0.25, 0.3) is 0 Å². The highest BCUT2D eigenvalue weighted by Crippen LogP contribution is 2.48. The van der Waals surface area contributed by atoms with E-state index in [1.165, 1.54) is 16.2 Å². The second-order valence-electron chi connectivity index (χ2n) is 11.9. The van der Waals surface area contributed by atoms with Crippen LogP contribution in [0, 0.1) is 17.8 Å². The first kappa shape index (κ1) is 30.9. The predicted molar refractivity (Wildman–Crippen MR) is 177 cm³/mol. The van der Waals surface area contributed by atoms with Crippen LogP contribution >= 0.6 is 11.3 Å². The lowest BCUT2D eigenvalue weighted by Crippen LogP contribution is -2.39. The fourth-order valence-electron chi connectivity index (χ4n) is 7.17. The molecule has 8 heteroatoms. The lowest BCUT2D eigenvalue weighted by molar-refractivity contribution is -0.140. The third-order valence-electron chi connectivity index (χ3n) is 9.22. The molecule has 1 aliphatic heterocycles. The Bertz CT molecular complexity index is 1750. The Kier molecular flexibility index (Phi) is 9.26. The number of hydrogen-bond acceptors (Lipinski definition) is 7. The number of imide groups is 1. The first-order valence-corrected chi connectivity index (χ1v) is 16.5. The van der Waals surface area contributed by atoms with E-state index in [-0.39, 0.29) is 30.7 Å². The van der Waals surface area contributed by atoms with Gasteiger partial charge in [-0.3, -0.25) is 19.5 Å². The second-order valence-corrected chi connectivity index (χ2v) is 13.0. The van der Waals surface area contributed by atoms with E-state index in [0.29, 0.717) is 25.7 Å². The number of rotatable bonds is 11. The molecule has 1 saturated heterocycles. The number of phenolic OH excluding ortho intramolecular Hbond substituents is 1. The Balaban J connectivity index is 1.31. The van der Waals surface area contributed by atoms with Gasteiger partial charge >= 0.3 is 0 Å². The van der Waals surface area contributed by atoms with Gasteiger partial charge in [0.15, 0.2) is 0 Å². The van der Waals surface area contributed by atoms with Crippen molar-refractivity contribution in [3.8, 4) is 5.75 Å². The van der Waals surface area contributed by atoms with Crippen LogP contribution in [0.4, 0.5) is 0 Å². The standard InChI is InChI=1S/C37H38N2O5S/c1-2-8-25-20-29-35(37(44)39(36(29)43)21-26-9-7-18-45-26)30(22-40)34(25)33(42)16-14-24(31-12-5-6-17-38-31)19-23-13-15-32(41)28-11-4-3-10-27(23)28/h3-7,9-13,15,17-19,29-30,33,35,40-42H,2,8,14,16,20-22H2,1H3/b24-19-/t29-,30+,33-,35-/m1/s1. The highest BCUT2D eigenvalue weighted by Gasteiger charge is 2.54. The molecule has 0 unspecified atom stereocenters. The van der Waals surface area contributed by atoms with Crippen LogP contribution in [0.25, 0.3) is 22.4 Å². The zero-order valence-electron chi connectivity index (χ0n) is 25.3. The molecule has 2 amide bonds. The van der Waals surface area contributed by atoms with Crippen molar-refractivity contribution < 1.29 is 24.9 Å². The molecule has 0 bridgehead atoms. The molecule has 45 heavy (non-hydrogen) atoms. The fourth-order valence-corrected chi connectivity index (χ4v) is 7.86. The van der Waals surface area contributed by atoms with Crippen molar-refractivity contribution in [3.63, 3.8) is 0 Å². The van der Waals surface area contributed by atoms with E-state index < -0.39 is 23.9 Å². The zero-order chi connectivity index (χ0) is 31.5. The Morgan fingerprint density at radius 2 is 1.84 bits per heavy atom. The number of phenols is 1. The fraction of sp³-hybridized carbons (Fsp3) is 0.324. The summed E-state index contributed by atoms with van der Waals surface area (Å²) >= 11 is 1.51. The van der Waals surface area contributed by atoms with Crippen molar-refractivity contribution in [2.45, 2.75) is 51.7 Å². The molecule has 1 fully saturated rings. The molecule has 0 spiro atoms. The number of aromatic nitrogens is 1. The molecule has 0 radical (unpaired) electrons. The van der Waals surface area contributed by atoms with Gasteiger partial charge in [-0.2, -0.15) is 0 Å².